The van der Waals surface area contributed by atoms with E-state index < -0.39 is 30.0 Å². The zero-order valence-electron chi connectivity index (χ0n) is 14.2. The van der Waals surface area contributed by atoms with Gasteiger partial charge in [-0.3, -0.25) is 9.59 Å². The highest BCUT2D eigenvalue weighted by Gasteiger charge is 2.21. The number of benzene rings is 2. The third kappa shape index (κ3) is 3.59. The molecule has 1 amide bonds. The quantitative estimate of drug-likeness (QED) is 0.628. The molecule has 0 fully saturated rings. The minimum atomic E-state index is -1.25. The molecule has 0 saturated carbocycles. The molecular weight excluding hydrogens is 354 g/mol. The van der Waals surface area contributed by atoms with Crippen molar-refractivity contribution in [3.8, 4) is 22.8 Å². The molecule has 3 rings (SSSR count). The second-order valence-corrected chi connectivity index (χ2v) is 5.63. The molecule has 0 spiro atoms. The van der Waals surface area contributed by atoms with Crippen LogP contribution < -0.4 is 15.7 Å². The van der Waals surface area contributed by atoms with Crippen molar-refractivity contribution in [2.75, 3.05) is 13.7 Å². The third-order valence-electron chi connectivity index (χ3n) is 3.96. The Kier molecular flexibility index (Phi) is 4.80. The smallest absolute Gasteiger partial charge is 0.346 e. The maximum absolute atomic E-state index is 12.3. The Morgan fingerprint density at radius 1 is 1.07 bits per heavy atom. The largest absolute Gasteiger partial charge is 0.497 e. The molecule has 8 nitrogen and oxygen atoms in total. The average molecular weight is 369 g/mol. The highest BCUT2D eigenvalue weighted by atomic mass is 16.5. The van der Waals surface area contributed by atoms with Gasteiger partial charge in [0.1, 0.15) is 17.9 Å². The third-order valence-corrected chi connectivity index (χ3v) is 3.96. The number of carbonyl (C=O) groups excluding carboxylic acids is 1. The van der Waals surface area contributed by atoms with Crippen molar-refractivity contribution in [2.45, 2.75) is 0 Å². The second-order valence-electron chi connectivity index (χ2n) is 5.63. The molecule has 0 aliphatic carbocycles. The van der Waals surface area contributed by atoms with Gasteiger partial charge in [-0.2, -0.15) is 0 Å². The number of fused-ring (bicyclic) bond motifs is 1. The lowest BCUT2D eigenvalue weighted by molar-refractivity contribution is -0.135. The van der Waals surface area contributed by atoms with Crippen LogP contribution in [0.3, 0.4) is 0 Å². The Bertz CT molecular complexity index is 1080. The van der Waals surface area contributed by atoms with Crippen LogP contribution in [0.2, 0.25) is 0 Å². The van der Waals surface area contributed by atoms with Gasteiger partial charge in [0, 0.05) is 5.39 Å². The fourth-order valence-electron chi connectivity index (χ4n) is 2.66. The number of rotatable bonds is 5. The number of nitrogens with one attached hydrogen (secondary N) is 1. The summed E-state index contributed by atoms with van der Waals surface area (Å²) in [6.45, 7) is -0.642. The predicted molar refractivity (Wildman–Crippen MR) is 96.1 cm³/mol. The Morgan fingerprint density at radius 2 is 1.74 bits per heavy atom. The highest BCUT2D eigenvalue weighted by molar-refractivity contribution is 6.09. The molecule has 0 aliphatic rings. The predicted octanol–water partition coefficient (Wildman–Crippen LogP) is 1.99. The number of hydrogen-bond acceptors (Lipinski definition) is 6. The first-order valence-electron chi connectivity index (χ1n) is 7.85. The monoisotopic (exact) mass is 369 g/mol. The van der Waals surface area contributed by atoms with E-state index in [9.17, 15) is 19.5 Å². The zero-order valence-corrected chi connectivity index (χ0v) is 14.2. The van der Waals surface area contributed by atoms with Crippen LogP contribution in [0.1, 0.15) is 10.4 Å². The van der Waals surface area contributed by atoms with Crippen LogP contribution >= 0.6 is 0 Å². The number of aromatic hydroxyl groups is 1. The molecule has 0 bridgehead atoms. The van der Waals surface area contributed by atoms with Crippen LogP contribution in [0.25, 0.3) is 21.9 Å². The van der Waals surface area contributed by atoms with Gasteiger partial charge >= 0.3 is 11.6 Å². The maximum Gasteiger partial charge on any atom is 0.346 e. The SMILES string of the molecule is COc1ccc(-c2ccc3c(=O)oc(O)c(C(=O)NCC(=O)O)c3c2)cc1. The molecule has 2 aromatic carbocycles. The number of carbonyl (C=O) groups is 2. The summed E-state index contributed by atoms with van der Waals surface area (Å²) in [6.07, 6.45) is 0. The van der Waals surface area contributed by atoms with Crippen molar-refractivity contribution in [2.24, 2.45) is 0 Å². The Balaban J connectivity index is 2.15. The standard InChI is InChI=1S/C19H15NO7/c1-26-12-5-2-10(3-6-12)11-4-7-13-14(8-11)16(19(25)27-18(13)24)17(23)20-9-15(21)22/h2-8,25H,9H2,1H3,(H,20,23)(H,21,22). The van der Waals surface area contributed by atoms with E-state index in [1.54, 1.807) is 43.5 Å². The molecular formula is C19H15NO7. The fraction of sp³-hybridized carbons (Fsp3) is 0.105. The molecule has 0 radical (unpaired) electrons. The first kappa shape index (κ1) is 18.0. The van der Waals surface area contributed by atoms with Gasteiger partial charge in [-0.1, -0.05) is 18.2 Å². The summed E-state index contributed by atoms with van der Waals surface area (Å²) < 4.78 is 9.82. The summed E-state index contributed by atoms with van der Waals surface area (Å²) in [5.41, 5.74) is 0.365. The number of carboxylic acid groups (broad SMARTS) is 1. The molecule has 0 unspecified atom stereocenters. The lowest BCUT2D eigenvalue weighted by Gasteiger charge is -2.09. The first-order chi connectivity index (χ1) is 12.9. The molecule has 0 atom stereocenters. The summed E-state index contributed by atoms with van der Waals surface area (Å²) >= 11 is 0. The first-order valence-corrected chi connectivity index (χ1v) is 7.85. The van der Waals surface area contributed by atoms with Gasteiger partial charge in [0.15, 0.2) is 0 Å². The highest BCUT2D eigenvalue weighted by Crippen LogP contribution is 2.30. The molecule has 1 heterocycles. The van der Waals surface area contributed by atoms with Crippen molar-refractivity contribution in [3.63, 3.8) is 0 Å². The van der Waals surface area contributed by atoms with Crippen LogP contribution in [0, 0.1) is 0 Å². The summed E-state index contributed by atoms with van der Waals surface area (Å²) in [5, 5.41) is 21.1. The van der Waals surface area contributed by atoms with Gasteiger partial charge in [-0.15, -0.1) is 0 Å². The van der Waals surface area contributed by atoms with Crippen molar-refractivity contribution < 1.29 is 29.0 Å². The second kappa shape index (κ2) is 7.20. The molecule has 8 heteroatoms. The maximum atomic E-state index is 12.3. The Labute approximate surface area is 152 Å². The lowest BCUT2D eigenvalue weighted by Crippen LogP contribution is -2.29. The molecule has 27 heavy (non-hydrogen) atoms. The van der Waals surface area contributed by atoms with Gasteiger partial charge in [-0.05, 0) is 35.4 Å². The van der Waals surface area contributed by atoms with Crippen molar-refractivity contribution in [1.82, 2.24) is 5.32 Å². The van der Waals surface area contributed by atoms with Gasteiger partial charge in [0.05, 0.1) is 12.5 Å². The molecule has 138 valence electrons. The van der Waals surface area contributed by atoms with Crippen LogP contribution in [0.15, 0.2) is 51.7 Å². The summed E-state index contributed by atoms with van der Waals surface area (Å²) in [5.74, 6) is -2.31. The van der Waals surface area contributed by atoms with Gasteiger partial charge in [0.2, 0.25) is 0 Å². The Morgan fingerprint density at radius 3 is 2.37 bits per heavy atom. The van der Waals surface area contributed by atoms with Crippen LogP contribution in [0.4, 0.5) is 0 Å². The Hall–Kier alpha value is -3.81. The van der Waals surface area contributed by atoms with E-state index in [0.29, 0.717) is 11.3 Å². The molecule has 0 saturated heterocycles. The fourth-order valence-corrected chi connectivity index (χ4v) is 2.66. The van der Waals surface area contributed by atoms with Gasteiger partial charge in [0.25, 0.3) is 11.9 Å². The number of amides is 1. The van der Waals surface area contributed by atoms with Crippen LogP contribution in [-0.4, -0.2) is 35.7 Å². The van der Waals surface area contributed by atoms with E-state index in [0.717, 1.165) is 5.56 Å². The van der Waals surface area contributed by atoms with Crippen molar-refractivity contribution >= 4 is 22.6 Å². The summed E-state index contributed by atoms with van der Waals surface area (Å²) in [4.78, 5) is 35.0. The van der Waals surface area contributed by atoms with E-state index in [4.69, 9.17) is 14.3 Å². The normalized spacial score (nSPS) is 10.6. The molecule has 1 aromatic heterocycles. The van der Waals surface area contributed by atoms with E-state index in [1.165, 1.54) is 6.07 Å². The number of aliphatic carboxylic acids is 1. The van der Waals surface area contributed by atoms with Crippen molar-refractivity contribution in [3.05, 3.63) is 58.4 Å². The zero-order chi connectivity index (χ0) is 19.6. The number of carboxylic acids is 1. The average Bonchev–Trinajstić information content (AvgIpc) is 2.66. The van der Waals surface area contributed by atoms with Gasteiger partial charge < -0.3 is 24.7 Å². The molecule has 3 N–H and O–H groups in total. The topological polar surface area (TPSA) is 126 Å². The number of ether oxygens (including phenoxy) is 1. The number of methoxy groups -OCH3 is 1. The lowest BCUT2D eigenvalue weighted by atomic mass is 9.99. The van der Waals surface area contributed by atoms with Crippen molar-refractivity contribution in [1.29, 1.82) is 0 Å². The van der Waals surface area contributed by atoms with E-state index in [2.05, 4.69) is 5.32 Å². The molecule has 3 aromatic rings. The van der Waals surface area contributed by atoms with Gasteiger partial charge in [-0.25, -0.2) is 4.79 Å². The minimum absolute atomic E-state index is 0.0885. The minimum Gasteiger partial charge on any atom is -0.497 e. The number of hydrogen-bond donors (Lipinski definition) is 3. The van der Waals surface area contributed by atoms with E-state index >= 15 is 0 Å². The summed E-state index contributed by atoms with van der Waals surface area (Å²) in [6, 6.07) is 11.8. The van der Waals surface area contributed by atoms with Crippen LogP contribution in [0.5, 0.6) is 11.7 Å². The van der Waals surface area contributed by atoms with Crippen LogP contribution in [-0.2, 0) is 4.79 Å². The summed E-state index contributed by atoms with van der Waals surface area (Å²) in [7, 11) is 1.55. The van der Waals surface area contributed by atoms with E-state index in [1.807, 2.05) is 0 Å². The molecule has 0 aliphatic heterocycles. The van der Waals surface area contributed by atoms with E-state index in [-0.39, 0.29) is 16.3 Å².